The summed E-state index contributed by atoms with van der Waals surface area (Å²) in [6, 6.07) is 0. The lowest BCUT2D eigenvalue weighted by Crippen LogP contribution is -2.12. The van der Waals surface area contributed by atoms with Crippen LogP contribution in [0.2, 0.25) is 0 Å². The third kappa shape index (κ3) is 2.28. The van der Waals surface area contributed by atoms with Crippen molar-refractivity contribution in [2.24, 2.45) is 0 Å². The first-order valence-corrected chi connectivity index (χ1v) is 5.04. The van der Waals surface area contributed by atoms with Crippen LogP contribution in [-0.4, -0.2) is 26.1 Å². The summed E-state index contributed by atoms with van der Waals surface area (Å²) < 4.78 is 1.99. The molecule has 2 rings (SSSR count). The molecule has 2 aromatic heterocycles. The molecular weight excluding hydrogens is 204 g/mol. The van der Waals surface area contributed by atoms with Gasteiger partial charge in [0.1, 0.15) is 18.0 Å². The summed E-state index contributed by atoms with van der Waals surface area (Å²) in [4.78, 5) is 12.0. The first kappa shape index (κ1) is 10.4. The number of anilines is 2. The van der Waals surface area contributed by atoms with Gasteiger partial charge in [-0.3, -0.25) is 0 Å². The molecule has 0 radical (unpaired) electrons. The zero-order valence-electron chi connectivity index (χ0n) is 9.09. The zero-order valence-corrected chi connectivity index (χ0v) is 9.09. The molecule has 84 valence electrons. The summed E-state index contributed by atoms with van der Waals surface area (Å²) >= 11 is 0. The molecule has 0 spiro atoms. The lowest BCUT2D eigenvalue weighted by Gasteiger charge is -2.09. The van der Waals surface area contributed by atoms with E-state index in [1.54, 1.807) is 12.5 Å². The van der Waals surface area contributed by atoms with Gasteiger partial charge in [0, 0.05) is 31.0 Å². The Hall–Kier alpha value is -2.11. The van der Waals surface area contributed by atoms with E-state index < -0.39 is 0 Å². The molecule has 0 aromatic carbocycles. The first-order valence-electron chi connectivity index (χ1n) is 5.04. The highest BCUT2D eigenvalue weighted by molar-refractivity contribution is 5.53. The number of nitrogens with zero attached hydrogens (tertiary/aromatic N) is 4. The summed E-state index contributed by atoms with van der Waals surface area (Å²) in [6.45, 7) is 3.51. The second-order valence-electron chi connectivity index (χ2n) is 3.46. The number of nitrogens with one attached hydrogen (secondary N) is 1. The smallest absolute Gasteiger partial charge is 0.134 e. The van der Waals surface area contributed by atoms with E-state index in [9.17, 15) is 0 Å². The van der Waals surface area contributed by atoms with E-state index in [2.05, 4.69) is 20.3 Å². The topological polar surface area (TPSA) is 81.6 Å². The highest BCUT2D eigenvalue weighted by atomic mass is 15.1. The maximum Gasteiger partial charge on any atom is 0.134 e. The number of aromatic nitrogens is 4. The van der Waals surface area contributed by atoms with E-state index in [1.165, 1.54) is 6.33 Å². The largest absolute Gasteiger partial charge is 0.383 e. The zero-order chi connectivity index (χ0) is 11.4. The van der Waals surface area contributed by atoms with E-state index in [1.807, 2.05) is 17.7 Å². The van der Waals surface area contributed by atoms with Crippen LogP contribution >= 0.6 is 0 Å². The Morgan fingerprint density at radius 2 is 2.31 bits per heavy atom. The molecule has 2 heterocycles. The Morgan fingerprint density at radius 3 is 3.06 bits per heavy atom. The molecule has 3 N–H and O–H groups in total. The second-order valence-corrected chi connectivity index (χ2v) is 3.46. The Kier molecular flexibility index (Phi) is 3.00. The van der Waals surface area contributed by atoms with Crippen LogP contribution in [0.5, 0.6) is 0 Å². The van der Waals surface area contributed by atoms with Crippen molar-refractivity contribution < 1.29 is 0 Å². The fourth-order valence-electron chi connectivity index (χ4n) is 1.36. The molecule has 6 heteroatoms. The third-order valence-corrected chi connectivity index (χ3v) is 2.34. The lowest BCUT2D eigenvalue weighted by atomic mass is 10.3. The van der Waals surface area contributed by atoms with Crippen molar-refractivity contribution in [2.75, 3.05) is 17.6 Å². The van der Waals surface area contributed by atoms with E-state index in [-0.39, 0.29) is 0 Å². The Labute approximate surface area is 93.6 Å². The highest BCUT2D eigenvalue weighted by Crippen LogP contribution is 2.14. The summed E-state index contributed by atoms with van der Waals surface area (Å²) in [7, 11) is 0. The molecule has 0 unspecified atom stereocenters. The maximum atomic E-state index is 5.68. The maximum absolute atomic E-state index is 5.68. The Bertz CT molecular complexity index is 450. The van der Waals surface area contributed by atoms with E-state index in [0.29, 0.717) is 5.82 Å². The van der Waals surface area contributed by atoms with Crippen LogP contribution in [0.1, 0.15) is 5.56 Å². The quantitative estimate of drug-likeness (QED) is 0.788. The van der Waals surface area contributed by atoms with Crippen molar-refractivity contribution in [3.63, 3.8) is 0 Å². The monoisotopic (exact) mass is 218 g/mol. The SMILES string of the molecule is Cc1c(N)ncnc1NCCn1ccnc1. The molecule has 16 heavy (non-hydrogen) atoms. The number of hydrogen-bond acceptors (Lipinski definition) is 5. The molecule has 6 nitrogen and oxygen atoms in total. The van der Waals surface area contributed by atoms with Crippen LogP contribution in [0.3, 0.4) is 0 Å². The first-order chi connectivity index (χ1) is 7.77. The third-order valence-electron chi connectivity index (χ3n) is 2.34. The molecule has 0 aliphatic carbocycles. The fraction of sp³-hybridized carbons (Fsp3) is 0.300. The van der Waals surface area contributed by atoms with E-state index in [0.717, 1.165) is 24.5 Å². The molecule has 0 aliphatic heterocycles. The molecule has 0 aliphatic rings. The van der Waals surface area contributed by atoms with Gasteiger partial charge >= 0.3 is 0 Å². The second kappa shape index (κ2) is 4.61. The average molecular weight is 218 g/mol. The number of imidazole rings is 1. The minimum Gasteiger partial charge on any atom is -0.383 e. The summed E-state index contributed by atoms with van der Waals surface area (Å²) in [5.41, 5.74) is 6.56. The van der Waals surface area contributed by atoms with Gasteiger partial charge in [-0.1, -0.05) is 0 Å². The van der Waals surface area contributed by atoms with Crippen LogP contribution in [0.4, 0.5) is 11.6 Å². The van der Waals surface area contributed by atoms with Crippen LogP contribution in [0.25, 0.3) is 0 Å². The highest BCUT2D eigenvalue weighted by Gasteiger charge is 2.02. The molecule has 2 aromatic rings. The van der Waals surface area contributed by atoms with Gasteiger partial charge < -0.3 is 15.6 Å². The van der Waals surface area contributed by atoms with Crippen molar-refractivity contribution in [2.45, 2.75) is 13.5 Å². The normalized spacial score (nSPS) is 10.3. The van der Waals surface area contributed by atoms with E-state index >= 15 is 0 Å². The van der Waals surface area contributed by atoms with Crippen LogP contribution in [0, 0.1) is 6.92 Å². The van der Waals surface area contributed by atoms with Gasteiger partial charge in [0.05, 0.1) is 6.33 Å². The fourth-order valence-corrected chi connectivity index (χ4v) is 1.36. The molecular formula is C10H14N6. The van der Waals surface area contributed by atoms with Gasteiger partial charge in [-0.25, -0.2) is 15.0 Å². The van der Waals surface area contributed by atoms with Crippen LogP contribution in [0.15, 0.2) is 25.0 Å². The van der Waals surface area contributed by atoms with Crippen molar-refractivity contribution in [3.05, 3.63) is 30.6 Å². The van der Waals surface area contributed by atoms with Crippen molar-refractivity contribution in [1.82, 2.24) is 19.5 Å². The van der Waals surface area contributed by atoms with Crippen LogP contribution in [-0.2, 0) is 6.54 Å². The number of hydrogen-bond donors (Lipinski definition) is 2. The molecule has 0 saturated heterocycles. The summed E-state index contributed by atoms with van der Waals surface area (Å²) in [6.07, 6.45) is 6.92. The van der Waals surface area contributed by atoms with Crippen molar-refractivity contribution in [3.8, 4) is 0 Å². The molecule has 0 saturated carbocycles. The van der Waals surface area contributed by atoms with Crippen molar-refractivity contribution >= 4 is 11.6 Å². The van der Waals surface area contributed by atoms with Crippen molar-refractivity contribution in [1.29, 1.82) is 0 Å². The Balaban J connectivity index is 1.92. The molecule has 0 fully saturated rings. The summed E-state index contributed by atoms with van der Waals surface area (Å²) in [5.74, 6) is 1.30. The predicted octanol–water partition coefficient (Wildman–Crippen LogP) is 0.676. The lowest BCUT2D eigenvalue weighted by molar-refractivity contribution is 0.724. The number of nitrogens with two attached hydrogens (primary N) is 1. The van der Waals surface area contributed by atoms with Gasteiger partial charge in [0.2, 0.25) is 0 Å². The Morgan fingerprint density at radius 1 is 1.44 bits per heavy atom. The standard InChI is InChI=1S/C10H14N6/c1-8-9(11)14-6-15-10(8)13-3-5-16-4-2-12-7-16/h2,4,6-7H,3,5H2,1H3,(H3,11,13,14,15). The average Bonchev–Trinajstić information content (AvgIpc) is 2.77. The van der Waals surface area contributed by atoms with Gasteiger partial charge in [0.25, 0.3) is 0 Å². The van der Waals surface area contributed by atoms with Crippen LogP contribution < -0.4 is 11.1 Å². The molecule has 0 amide bonds. The van der Waals surface area contributed by atoms with Gasteiger partial charge in [0.15, 0.2) is 0 Å². The van der Waals surface area contributed by atoms with Gasteiger partial charge in [-0.05, 0) is 6.92 Å². The predicted molar refractivity (Wildman–Crippen MR) is 61.9 cm³/mol. The van der Waals surface area contributed by atoms with Gasteiger partial charge in [-0.2, -0.15) is 0 Å². The molecule has 0 atom stereocenters. The number of rotatable bonds is 4. The minimum atomic E-state index is 0.514. The van der Waals surface area contributed by atoms with Gasteiger partial charge in [-0.15, -0.1) is 0 Å². The molecule has 0 bridgehead atoms. The van der Waals surface area contributed by atoms with E-state index in [4.69, 9.17) is 5.73 Å². The summed E-state index contributed by atoms with van der Waals surface area (Å²) in [5, 5.41) is 3.21. The minimum absolute atomic E-state index is 0.514. The number of nitrogen functional groups attached to an aromatic ring is 1.